The van der Waals surface area contributed by atoms with Gasteiger partial charge in [0.05, 0.1) is 5.41 Å². The van der Waals surface area contributed by atoms with Crippen molar-refractivity contribution in [3.63, 3.8) is 0 Å². The van der Waals surface area contributed by atoms with Gasteiger partial charge in [-0.15, -0.1) is 0 Å². The lowest BCUT2D eigenvalue weighted by Crippen LogP contribution is -2.43. The lowest BCUT2D eigenvalue weighted by molar-refractivity contribution is -0.131. The van der Waals surface area contributed by atoms with Gasteiger partial charge in [0.1, 0.15) is 6.10 Å². The van der Waals surface area contributed by atoms with Gasteiger partial charge in [-0.1, -0.05) is 0 Å². The van der Waals surface area contributed by atoms with E-state index < -0.39 is 23.5 Å². The van der Waals surface area contributed by atoms with Crippen LogP contribution < -0.4 is 11.5 Å². The van der Waals surface area contributed by atoms with Crippen molar-refractivity contribution in [1.29, 1.82) is 0 Å². The van der Waals surface area contributed by atoms with Gasteiger partial charge in [0.2, 0.25) is 5.91 Å². The predicted octanol–water partition coefficient (Wildman–Crippen LogP) is -0.0183. The minimum absolute atomic E-state index is 0.531. The largest absolute Gasteiger partial charge is 0.446 e. The number of hydrogen-bond donors (Lipinski definition) is 2. The highest BCUT2D eigenvalue weighted by Crippen LogP contribution is 2.22. The van der Waals surface area contributed by atoms with E-state index in [1.165, 1.54) is 0 Å². The van der Waals surface area contributed by atoms with E-state index in [1.807, 2.05) is 0 Å². The Hall–Kier alpha value is -1.26. The molecule has 1 atom stereocenters. The Morgan fingerprint density at radius 1 is 1.33 bits per heavy atom. The molecule has 0 aliphatic heterocycles. The van der Waals surface area contributed by atoms with Crippen LogP contribution in [-0.2, 0) is 9.53 Å². The van der Waals surface area contributed by atoms with Crippen molar-refractivity contribution in [3.05, 3.63) is 0 Å². The maximum atomic E-state index is 10.8. The molecule has 70 valence electrons. The third kappa shape index (κ3) is 2.41. The number of carbonyl (C=O) groups excluding carboxylic acids is 2. The van der Waals surface area contributed by atoms with Gasteiger partial charge >= 0.3 is 6.09 Å². The number of hydrogen-bond acceptors (Lipinski definition) is 3. The standard InChI is InChI=1S/C7H14N2O3/c1-4(12-6(9)11)7(2,3)5(8)10/h4H,1-3H3,(H2,8,10)(H2,9,11). The molecule has 0 spiro atoms. The molecule has 0 aromatic heterocycles. The second-order valence-corrected chi connectivity index (χ2v) is 3.17. The first-order valence-electron chi connectivity index (χ1n) is 3.54. The molecule has 0 aromatic rings. The highest BCUT2D eigenvalue weighted by molar-refractivity contribution is 5.81. The van der Waals surface area contributed by atoms with Gasteiger partial charge in [-0.3, -0.25) is 4.79 Å². The highest BCUT2D eigenvalue weighted by Gasteiger charge is 2.34. The maximum absolute atomic E-state index is 10.8. The zero-order valence-corrected chi connectivity index (χ0v) is 7.46. The normalized spacial score (nSPS) is 13.6. The molecule has 5 heteroatoms. The smallest absolute Gasteiger partial charge is 0.404 e. The second kappa shape index (κ2) is 3.42. The van der Waals surface area contributed by atoms with Crippen LogP contribution >= 0.6 is 0 Å². The van der Waals surface area contributed by atoms with Crippen molar-refractivity contribution in [2.24, 2.45) is 16.9 Å². The number of ether oxygens (including phenoxy) is 1. The monoisotopic (exact) mass is 174 g/mol. The predicted molar refractivity (Wildman–Crippen MR) is 43.1 cm³/mol. The van der Waals surface area contributed by atoms with Gasteiger partial charge in [0.15, 0.2) is 0 Å². The Balaban J connectivity index is 4.35. The van der Waals surface area contributed by atoms with Crippen LogP contribution in [0.25, 0.3) is 0 Å². The average Bonchev–Trinajstić information content (AvgIpc) is 1.85. The Labute approximate surface area is 71.0 Å². The fraction of sp³-hybridized carbons (Fsp3) is 0.714. The number of rotatable bonds is 3. The maximum Gasteiger partial charge on any atom is 0.404 e. The van der Waals surface area contributed by atoms with Crippen molar-refractivity contribution in [2.45, 2.75) is 26.9 Å². The van der Waals surface area contributed by atoms with Crippen LogP contribution in [-0.4, -0.2) is 18.1 Å². The summed E-state index contributed by atoms with van der Waals surface area (Å²) in [6, 6.07) is 0. The summed E-state index contributed by atoms with van der Waals surface area (Å²) >= 11 is 0. The molecule has 0 bridgehead atoms. The topological polar surface area (TPSA) is 95.4 Å². The van der Waals surface area contributed by atoms with Crippen molar-refractivity contribution in [1.82, 2.24) is 0 Å². The average molecular weight is 174 g/mol. The zero-order valence-electron chi connectivity index (χ0n) is 7.46. The lowest BCUT2D eigenvalue weighted by Gasteiger charge is -2.26. The fourth-order valence-electron chi connectivity index (χ4n) is 0.522. The number of carbonyl (C=O) groups is 2. The molecule has 1 unspecified atom stereocenters. The summed E-state index contributed by atoms with van der Waals surface area (Å²) in [6.07, 6.45) is -1.52. The summed E-state index contributed by atoms with van der Waals surface area (Å²) in [4.78, 5) is 21.2. The molecule has 0 fully saturated rings. The molecule has 0 saturated heterocycles. The van der Waals surface area contributed by atoms with Crippen molar-refractivity contribution in [3.8, 4) is 0 Å². The van der Waals surface area contributed by atoms with Gasteiger partial charge < -0.3 is 16.2 Å². The fourth-order valence-corrected chi connectivity index (χ4v) is 0.522. The lowest BCUT2D eigenvalue weighted by atomic mass is 9.87. The van der Waals surface area contributed by atoms with Crippen molar-refractivity contribution in [2.75, 3.05) is 0 Å². The van der Waals surface area contributed by atoms with Gasteiger partial charge in [0.25, 0.3) is 0 Å². The van der Waals surface area contributed by atoms with Crippen LogP contribution in [0, 0.1) is 5.41 Å². The first-order valence-corrected chi connectivity index (χ1v) is 3.54. The van der Waals surface area contributed by atoms with E-state index >= 15 is 0 Å². The molecule has 0 aromatic carbocycles. The van der Waals surface area contributed by atoms with Crippen LogP contribution in [0.5, 0.6) is 0 Å². The molecule has 12 heavy (non-hydrogen) atoms. The Kier molecular flexibility index (Phi) is 3.06. The molecule has 0 radical (unpaired) electrons. The van der Waals surface area contributed by atoms with E-state index in [4.69, 9.17) is 11.5 Å². The molecule has 0 heterocycles. The zero-order chi connectivity index (χ0) is 9.94. The minimum atomic E-state index is -0.906. The van der Waals surface area contributed by atoms with Crippen LogP contribution in [0.4, 0.5) is 4.79 Å². The van der Waals surface area contributed by atoms with E-state index in [9.17, 15) is 9.59 Å². The number of amides is 2. The number of nitrogens with two attached hydrogens (primary N) is 2. The van der Waals surface area contributed by atoms with Crippen molar-refractivity contribution >= 4 is 12.0 Å². The Bertz CT molecular complexity index is 201. The first-order chi connectivity index (χ1) is 5.28. The molecular formula is C7H14N2O3. The number of primary amides is 2. The molecule has 0 saturated carbocycles. The summed E-state index contributed by atoms with van der Waals surface area (Å²) in [6.45, 7) is 4.74. The summed E-state index contributed by atoms with van der Waals surface area (Å²) in [5, 5.41) is 0. The SMILES string of the molecule is CC(OC(N)=O)C(C)(C)C(N)=O. The highest BCUT2D eigenvalue weighted by atomic mass is 16.6. The van der Waals surface area contributed by atoms with E-state index in [1.54, 1.807) is 20.8 Å². The van der Waals surface area contributed by atoms with Gasteiger partial charge in [0, 0.05) is 0 Å². The summed E-state index contributed by atoms with van der Waals surface area (Å²) < 4.78 is 4.61. The molecule has 0 aliphatic rings. The minimum Gasteiger partial charge on any atom is -0.446 e. The van der Waals surface area contributed by atoms with E-state index in [0.29, 0.717) is 0 Å². The molecule has 0 rings (SSSR count). The third-order valence-electron chi connectivity index (χ3n) is 1.94. The molecule has 5 nitrogen and oxygen atoms in total. The van der Waals surface area contributed by atoms with Gasteiger partial charge in [-0.25, -0.2) is 4.79 Å². The van der Waals surface area contributed by atoms with Crippen molar-refractivity contribution < 1.29 is 14.3 Å². The van der Waals surface area contributed by atoms with Crippen LogP contribution in [0.1, 0.15) is 20.8 Å². The molecular weight excluding hydrogens is 160 g/mol. The molecule has 0 aliphatic carbocycles. The van der Waals surface area contributed by atoms with E-state index in [2.05, 4.69) is 4.74 Å². The summed E-state index contributed by atoms with van der Waals surface area (Å²) in [5.74, 6) is -0.531. The second-order valence-electron chi connectivity index (χ2n) is 3.17. The molecule has 4 N–H and O–H groups in total. The molecule has 2 amide bonds. The first kappa shape index (κ1) is 10.7. The van der Waals surface area contributed by atoms with Gasteiger partial charge in [-0.05, 0) is 20.8 Å². The summed E-state index contributed by atoms with van der Waals surface area (Å²) in [5.41, 5.74) is 8.96. The Morgan fingerprint density at radius 3 is 2.00 bits per heavy atom. The van der Waals surface area contributed by atoms with Crippen LogP contribution in [0.3, 0.4) is 0 Å². The Morgan fingerprint density at radius 2 is 1.75 bits per heavy atom. The van der Waals surface area contributed by atoms with Gasteiger partial charge in [-0.2, -0.15) is 0 Å². The van der Waals surface area contributed by atoms with E-state index in [0.717, 1.165) is 0 Å². The quantitative estimate of drug-likeness (QED) is 0.629. The summed E-state index contributed by atoms with van der Waals surface area (Å²) in [7, 11) is 0. The van der Waals surface area contributed by atoms with Crippen LogP contribution in [0.15, 0.2) is 0 Å². The third-order valence-corrected chi connectivity index (χ3v) is 1.94. The van der Waals surface area contributed by atoms with Crippen LogP contribution in [0.2, 0.25) is 0 Å². The van der Waals surface area contributed by atoms with E-state index in [-0.39, 0.29) is 0 Å².